The lowest BCUT2D eigenvalue weighted by Gasteiger charge is -2.22. The fourth-order valence-corrected chi connectivity index (χ4v) is 6.19. The number of carbonyl (C=O) groups excluding carboxylic acids is 2. The summed E-state index contributed by atoms with van der Waals surface area (Å²) in [6, 6.07) is 11.4. The Kier molecular flexibility index (Phi) is 7.83. The molecular weight excluding hydrogens is 645 g/mol. The van der Waals surface area contributed by atoms with E-state index in [1.54, 1.807) is 47.8 Å². The van der Waals surface area contributed by atoms with Gasteiger partial charge in [-0.15, -0.1) is 0 Å². The van der Waals surface area contributed by atoms with Gasteiger partial charge in [0.05, 0.1) is 41.9 Å². The number of carbonyl (C=O) groups is 2. The minimum Gasteiger partial charge on any atom is -0.497 e. The van der Waals surface area contributed by atoms with E-state index in [-0.39, 0.29) is 50.9 Å². The third kappa shape index (κ3) is 5.50. The topological polar surface area (TPSA) is 102 Å². The van der Waals surface area contributed by atoms with Gasteiger partial charge >= 0.3 is 6.18 Å². The lowest BCUT2D eigenvalue weighted by Crippen LogP contribution is -2.21. The van der Waals surface area contributed by atoms with Crippen molar-refractivity contribution < 1.29 is 36.3 Å². The Morgan fingerprint density at radius 3 is 2.36 bits per heavy atom. The van der Waals surface area contributed by atoms with Gasteiger partial charge in [0.25, 0.3) is 5.91 Å². The minimum atomic E-state index is -5.16. The molecule has 14 heteroatoms. The molecule has 1 aliphatic heterocycles. The van der Waals surface area contributed by atoms with E-state index in [4.69, 9.17) is 27.1 Å². The van der Waals surface area contributed by atoms with Crippen molar-refractivity contribution in [2.45, 2.75) is 18.8 Å². The summed E-state index contributed by atoms with van der Waals surface area (Å²) in [6.45, 7) is 0.158. The van der Waals surface area contributed by atoms with Crippen LogP contribution in [0.4, 0.5) is 27.9 Å². The molecule has 0 fully saturated rings. The molecule has 0 aliphatic carbocycles. The number of hydrogen-bond acceptors (Lipinski definition) is 5. The minimum absolute atomic E-state index is 0.0138. The first-order valence-corrected chi connectivity index (χ1v) is 14.4. The molecule has 2 amide bonds. The molecular formula is C33H25ClF5N5O3. The fourth-order valence-electron chi connectivity index (χ4n) is 5.97. The Labute approximate surface area is 269 Å². The molecule has 6 rings (SSSR count). The number of fused-ring (bicyclic) bond motifs is 3. The number of amides is 2. The second-order valence-electron chi connectivity index (χ2n) is 11.1. The number of rotatable bonds is 7. The zero-order valence-corrected chi connectivity index (χ0v) is 25.7. The predicted molar refractivity (Wildman–Crippen MR) is 166 cm³/mol. The Hall–Kier alpha value is -5.17. The number of primary amides is 1. The van der Waals surface area contributed by atoms with Gasteiger partial charge in [0, 0.05) is 35.8 Å². The highest BCUT2D eigenvalue weighted by Crippen LogP contribution is 2.48. The van der Waals surface area contributed by atoms with Crippen LogP contribution in [0.2, 0.25) is 5.02 Å². The Morgan fingerprint density at radius 2 is 1.74 bits per heavy atom. The summed E-state index contributed by atoms with van der Waals surface area (Å²) in [6.07, 6.45) is -5.16. The first-order chi connectivity index (χ1) is 22.2. The molecule has 1 aliphatic rings. The number of alkyl halides is 3. The van der Waals surface area contributed by atoms with Gasteiger partial charge in [0.1, 0.15) is 22.9 Å². The first kappa shape index (κ1) is 31.8. The number of halogens is 6. The fraction of sp³-hybridized carbons (Fsp3) is 0.182. The standard InChI is InChI=1S/C33H25ClF5N5O3/c1-43(2)32-42-29-24(44(32)14-15-4-7-18(47-3)8-5-15)13-20(25-21(30(40)45)11-17(36)12-22(25)33(37,38)39)26-27(29)31(46)41-28(26)19-10-16(35)6-9-23(19)34/h4-13,28H,14H2,1-3H3,(H2,40,45)(H,41,46). The van der Waals surface area contributed by atoms with Crippen molar-refractivity contribution in [1.82, 2.24) is 14.9 Å². The number of hydrogen-bond donors (Lipinski definition) is 2. The van der Waals surface area contributed by atoms with Crippen molar-refractivity contribution in [1.29, 1.82) is 0 Å². The second kappa shape index (κ2) is 11.6. The number of methoxy groups -OCH3 is 1. The summed E-state index contributed by atoms with van der Waals surface area (Å²) in [4.78, 5) is 32.9. The number of anilines is 1. The number of benzene rings is 4. The Morgan fingerprint density at radius 1 is 1.04 bits per heavy atom. The molecule has 0 spiro atoms. The molecule has 4 aromatic carbocycles. The number of imidazole rings is 1. The van der Waals surface area contributed by atoms with Crippen molar-refractivity contribution in [3.63, 3.8) is 0 Å². The van der Waals surface area contributed by atoms with Crippen molar-refractivity contribution in [2.24, 2.45) is 5.73 Å². The maximum atomic E-state index is 14.7. The maximum absolute atomic E-state index is 14.7. The van der Waals surface area contributed by atoms with Gasteiger partial charge in [0.2, 0.25) is 11.9 Å². The van der Waals surface area contributed by atoms with Crippen LogP contribution >= 0.6 is 11.6 Å². The van der Waals surface area contributed by atoms with Crippen LogP contribution in [-0.4, -0.2) is 42.6 Å². The van der Waals surface area contributed by atoms with Crippen molar-refractivity contribution >= 4 is 40.4 Å². The van der Waals surface area contributed by atoms with E-state index in [2.05, 4.69) is 5.32 Å². The van der Waals surface area contributed by atoms with E-state index in [1.165, 1.54) is 19.2 Å². The smallest absolute Gasteiger partial charge is 0.417 e. The third-order valence-corrected chi connectivity index (χ3v) is 8.31. The molecule has 0 saturated carbocycles. The van der Waals surface area contributed by atoms with E-state index in [1.807, 2.05) is 0 Å². The van der Waals surface area contributed by atoms with E-state index in [9.17, 15) is 31.5 Å². The normalized spacial score (nSPS) is 14.3. The Balaban J connectivity index is 1.77. The van der Waals surface area contributed by atoms with Crippen molar-refractivity contribution in [3.8, 4) is 16.9 Å². The molecule has 1 aromatic heterocycles. The summed E-state index contributed by atoms with van der Waals surface area (Å²) < 4.78 is 80.1. The lowest BCUT2D eigenvalue weighted by molar-refractivity contribution is -0.137. The van der Waals surface area contributed by atoms with Crippen LogP contribution < -0.4 is 20.7 Å². The zero-order chi connectivity index (χ0) is 33.9. The molecule has 47 heavy (non-hydrogen) atoms. The number of ether oxygens (including phenoxy) is 1. The summed E-state index contributed by atoms with van der Waals surface area (Å²) in [5.74, 6) is -3.17. The molecule has 8 nitrogen and oxygen atoms in total. The van der Waals surface area contributed by atoms with Gasteiger partial charge in [0.15, 0.2) is 0 Å². The summed E-state index contributed by atoms with van der Waals surface area (Å²) in [7, 11) is 4.93. The largest absolute Gasteiger partial charge is 0.497 e. The van der Waals surface area contributed by atoms with Gasteiger partial charge in [-0.25, -0.2) is 13.8 Å². The third-order valence-electron chi connectivity index (χ3n) is 7.97. The predicted octanol–water partition coefficient (Wildman–Crippen LogP) is 6.71. The van der Waals surface area contributed by atoms with Crippen LogP contribution in [0, 0.1) is 11.6 Å². The molecule has 0 radical (unpaired) electrons. The summed E-state index contributed by atoms with van der Waals surface area (Å²) in [5.41, 5.74) is 3.26. The van der Waals surface area contributed by atoms with E-state index >= 15 is 0 Å². The van der Waals surface area contributed by atoms with Gasteiger partial charge in [-0.1, -0.05) is 23.7 Å². The van der Waals surface area contributed by atoms with Gasteiger partial charge < -0.3 is 25.3 Å². The highest BCUT2D eigenvalue weighted by Gasteiger charge is 2.42. The van der Waals surface area contributed by atoms with Gasteiger partial charge in [-0.05, 0) is 59.7 Å². The van der Waals surface area contributed by atoms with E-state index < -0.39 is 52.4 Å². The highest BCUT2D eigenvalue weighted by molar-refractivity contribution is 6.31. The second-order valence-corrected chi connectivity index (χ2v) is 11.5. The van der Waals surface area contributed by atoms with Crippen LogP contribution in [0.25, 0.3) is 22.2 Å². The van der Waals surface area contributed by atoms with Crippen molar-refractivity contribution in [2.75, 3.05) is 26.1 Å². The van der Waals surface area contributed by atoms with E-state index in [0.717, 1.165) is 17.7 Å². The zero-order valence-electron chi connectivity index (χ0n) is 25.0. The molecule has 5 aromatic rings. The lowest BCUT2D eigenvalue weighted by atomic mass is 9.85. The van der Waals surface area contributed by atoms with Crippen LogP contribution in [0.15, 0.2) is 60.7 Å². The molecule has 3 N–H and O–H groups in total. The highest BCUT2D eigenvalue weighted by atomic mass is 35.5. The number of nitrogens with zero attached hydrogens (tertiary/aromatic N) is 3. The number of nitrogens with one attached hydrogen (secondary N) is 1. The van der Waals surface area contributed by atoms with Crippen LogP contribution in [0.1, 0.15) is 49.0 Å². The van der Waals surface area contributed by atoms with Gasteiger partial charge in [-0.3, -0.25) is 9.59 Å². The number of nitrogens with two attached hydrogens (primary N) is 1. The summed E-state index contributed by atoms with van der Waals surface area (Å²) in [5, 5.41) is 2.72. The molecule has 2 heterocycles. The van der Waals surface area contributed by atoms with Crippen LogP contribution in [-0.2, 0) is 12.7 Å². The Bertz CT molecular complexity index is 2090. The maximum Gasteiger partial charge on any atom is 0.417 e. The van der Waals surface area contributed by atoms with Crippen LogP contribution in [0.5, 0.6) is 5.75 Å². The summed E-state index contributed by atoms with van der Waals surface area (Å²) >= 11 is 6.44. The van der Waals surface area contributed by atoms with E-state index in [0.29, 0.717) is 17.8 Å². The average molecular weight is 670 g/mol. The molecule has 1 atom stereocenters. The molecule has 0 saturated heterocycles. The van der Waals surface area contributed by atoms with Crippen LogP contribution in [0.3, 0.4) is 0 Å². The quantitative estimate of drug-likeness (QED) is 0.188. The van der Waals surface area contributed by atoms with Gasteiger partial charge in [-0.2, -0.15) is 13.2 Å². The SMILES string of the molecule is COc1ccc(Cn2c(N(C)C)nc3c4c(c(-c5c(C(N)=O)cc(F)cc5C(F)(F)F)cc32)C(c2cc(F)ccc2Cl)NC4=O)cc1. The molecule has 242 valence electrons. The molecule has 0 bridgehead atoms. The van der Waals surface area contributed by atoms with Crippen molar-refractivity contribution in [3.05, 3.63) is 111 Å². The average Bonchev–Trinajstić information content (AvgIpc) is 3.55. The first-order valence-electron chi connectivity index (χ1n) is 14.0. The monoisotopic (exact) mass is 669 g/mol. The molecule has 1 unspecified atom stereocenters. The number of aromatic nitrogens is 2.